The molecule has 0 unspecified atom stereocenters. The van der Waals surface area contributed by atoms with Crippen LogP contribution in [0.15, 0.2) is 46.8 Å². The first-order chi connectivity index (χ1) is 8.15. The molecule has 0 atom stereocenters. The number of phenols is 2. The standard InChI is InChI=1S/C12H11N3O2/c1-8-2-5-12(13-7-8)15-14-10-4-3-9(16)6-11(10)17/h2-7,16-17H,1H3. The van der Waals surface area contributed by atoms with Gasteiger partial charge < -0.3 is 10.2 Å². The van der Waals surface area contributed by atoms with Gasteiger partial charge in [-0.25, -0.2) is 4.98 Å². The third-order valence-electron chi connectivity index (χ3n) is 2.11. The summed E-state index contributed by atoms with van der Waals surface area (Å²) in [7, 11) is 0. The summed E-state index contributed by atoms with van der Waals surface area (Å²) < 4.78 is 0. The summed E-state index contributed by atoms with van der Waals surface area (Å²) >= 11 is 0. The van der Waals surface area contributed by atoms with E-state index in [1.165, 1.54) is 18.2 Å². The van der Waals surface area contributed by atoms with Gasteiger partial charge in [-0.3, -0.25) is 0 Å². The minimum atomic E-state index is -0.124. The lowest BCUT2D eigenvalue weighted by molar-refractivity contribution is 0.451. The average molecular weight is 229 g/mol. The van der Waals surface area contributed by atoms with Gasteiger partial charge in [0, 0.05) is 12.3 Å². The second-order valence-corrected chi connectivity index (χ2v) is 3.57. The maximum Gasteiger partial charge on any atom is 0.174 e. The van der Waals surface area contributed by atoms with Crippen molar-refractivity contribution in [3.8, 4) is 11.5 Å². The van der Waals surface area contributed by atoms with Crippen LogP contribution in [0, 0.1) is 6.92 Å². The van der Waals surface area contributed by atoms with Gasteiger partial charge in [0.1, 0.15) is 17.2 Å². The number of aromatic hydroxyl groups is 2. The van der Waals surface area contributed by atoms with Crippen molar-refractivity contribution in [2.45, 2.75) is 6.92 Å². The van der Waals surface area contributed by atoms with Crippen molar-refractivity contribution in [1.29, 1.82) is 0 Å². The molecular formula is C12H11N3O2. The highest BCUT2D eigenvalue weighted by atomic mass is 16.3. The quantitative estimate of drug-likeness (QED) is 0.776. The van der Waals surface area contributed by atoms with Gasteiger partial charge in [0.2, 0.25) is 0 Å². The lowest BCUT2D eigenvalue weighted by Crippen LogP contribution is -1.75. The Bertz CT molecular complexity index is 550. The molecule has 0 fully saturated rings. The topological polar surface area (TPSA) is 78.1 Å². The lowest BCUT2D eigenvalue weighted by atomic mass is 10.3. The van der Waals surface area contributed by atoms with E-state index in [-0.39, 0.29) is 17.2 Å². The second-order valence-electron chi connectivity index (χ2n) is 3.57. The molecule has 1 aromatic heterocycles. The summed E-state index contributed by atoms with van der Waals surface area (Å²) in [6.07, 6.45) is 1.69. The number of rotatable bonds is 2. The maximum atomic E-state index is 9.48. The fourth-order valence-corrected chi connectivity index (χ4v) is 1.22. The van der Waals surface area contributed by atoms with E-state index < -0.39 is 0 Å². The number of nitrogens with zero attached hydrogens (tertiary/aromatic N) is 3. The normalized spacial score (nSPS) is 10.9. The summed E-state index contributed by atoms with van der Waals surface area (Å²) in [5.41, 5.74) is 1.32. The fourth-order valence-electron chi connectivity index (χ4n) is 1.22. The van der Waals surface area contributed by atoms with Crippen LogP contribution in [0.5, 0.6) is 11.5 Å². The number of aromatic nitrogens is 1. The number of azo groups is 1. The number of phenolic OH excluding ortho intramolecular Hbond substituents is 2. The van der Waals surface area contributed by atoms with Crippen LogP contribution < -0.4 is 0 Å². The van der Waals surface area contributed by atoms with Gasteiger partial charge >= 0.3 is 0 Å². The molecule has 86 valence electrons. The molecule has 0 amide bonds. The van der Waals surface area contributed by atoms with E-state index in [4.69, 9.17) is 5.11 Å². The molecule has 0 aliphatic heterocycles. The van der Waals surface area contributed by atoms with Crippen LogP contribution in [0.25, 0.3) is 0 Å². The number of aryl methyl sites for hydroxylation is 1. The van der Waals surface area contributed by atoms with Gasteiger partial charge in [-0.1, -0.05) is 6.07 Å². The SMILES string of the molecule is Cc1ccc(N=Nc2ccc(O)cc2O)nc1. The van der Waals surface area contributed by atoms with E-state index in [1.807, 2.05) is 13.0 Å². The van der Waals surface area contributed by atoms with Crippen LogP contribution in [0.2, 0.25) is 0 Å². The molecule has 2 rings (SSSR count). The highest BCUT2D eigenvalue weighted by molar-refractivity contribution is 5.53. The molecule has 0 aliphatic carbocycles. The largest absolute Gasteiger partial charge is 0.508 e. The molecule has 0 saturated carbocycles. The Morgan fingerprint density at radius 2 is 1.88 bits per heavy atom. The van der Waals surface area contributed by atoms with Crippen molar-refractivity contribution in [3.63, 3.8) is 0 Å². The molecule has 1 aromatic carbocycles. The second kappa shape index (κ2) is 4.61. The van der Waals surface area contributed by atoms with Gasteiger partial charge in [-0.2, -0.15) is 0 Å². The Balaban J connectivity index is 2.23. The predicted molar refractivity (Wildman–Crippen MR) is 62.9 cm³/mol. The van der Waals surface area contributed by atoms with E-state index in [1.54, 1.807) is 12.3 Å². The van der Waals surface area contributed by atoms with Gasteiger partial charge in [0.15, 0.2) is 5.82 Å². The van der Waals surface area contributed by atoms with Gasteiger partial charge in [-0.15, -0.1) is 10.2 Å². The molecule has 0 spiro atoms. The van der Waals surface area contributed by atoms with E-state index in [0.29, 0.717) is 5.82 Å². The third-order valence-corrected chi connectivity index (χ3v) is 2.11. The van der Waals surface area contributed by atoms with Crippen LogP contribution in [-0.2, 0) is 0 Å². The Hall–Kier alpha value is -2.43. The van der Waals surface area contributed by atoms with Crippen LogP contribution in [0.4, 0.5) is 11.5 Å². The van der Waals surface area contributed by atoms with Crippen molar-refractivity contribution in [2.24, 2.45) is 10.2 Å². The zero-order chi connectivity index (χ0) is 12.3. The Morgan fingerprint density at radius 1 is 1.06 bits per heavy atom. The van der Waals surface area contributed by atoms with Crippen LogP contribution in [0.3, 0.4) is 0 Å². The Morgan fingerprint density at radius 3 is 2.53 bits per heavy atom. The number of hydrogen-bond acceptors (Lipinski definition) is 5. The summed E-state index contributed by atoms with van der Waals surface area (Å²) in [5, 5.41) is 26.3. The molecule has 0 bridgehead atoms. The first-order valence-electron chi connectivity index (χ1n) is 5.01. The molecule has 2 aromatic rings. The van der Waals surface area contributed by atoms with Crippen LogP contribution in [0.1, 0.15) is 5.56 Å². The summed E-state index contributed by atoms with van der Waals surface area (Å²) in [5.74, 6) is 0.318. The van der Waals surface area contributed by atoms with Crippen LogP contribution in [-0.4, -0.2) is 15.2 Å². The fraction of sp³-hybridized carbons (Fsp3) is 0.0833. The molecule has 1 heterocycles. The van der Waals surface area contributed by atoms with Crippen molar-refractivity contribution in [1.82, 2.24) is 4.98 Å². The zero-order valence-electron chi connectivity index (χ0n) is 9.20. The van der Waals surface area contributed by atoms with Gasteiger partial charge in [0.05, 0.1) is 0 Å². The van der Waals surface area contributed by atoms with E-state index >= 15 is 0 Å². The number of hydrogen-bond donors (Lipinski definition) is 2. The van der Waals surface area contributed by atoms with Gasteiger partial charge in [0.25, 0.3) is 0 Å². The number of benzene rings is 1. The molecule has 0 aliphatic rings. The highest BCUT2D eigenvalue weighted by Crippen LogP contribution is 2.30. The molecule has 2 N–H and O–H groups in total. The van der Waals surface area contributed by atoms with E-state index in [0.717, 1.165) is 5.56 Å². The molecular weight excluding hydrogens is 218 g/mol. The van der Waals surface area contributed by atoms with E-state index in [9.17, 15) is 5.11 Å². The predicted octanol–water partition coefficient (Wildman–Crippen LogP) is 3.22. The first kappa shape index (κ1) is 11.1. The Labute approximate surface area is 98.1 Å². The molecule has 5 heteroatoms. The summed E-state index contributed by atoms with van der Waals surface area (Å²) in [6, 6.07) is 7.71. The monoisotopic (exact) mass is 229 g/mol. The van der Waals surface area contributed by atoms with Crippen molar-refractivity contribution in [2.75, 3.05) is 0 Å². The summed E-state index contributed by atoms with van der Waals surface area (Å²) in [6.45, 7) is 1.93. The van der Waals surface area contributed by atoms with Crippen molar-refractivity contribution in [3.05, 3.63) is 42.1 Å². The molecule has 0 saturated heterocycles. The molecule has 17 heavy (non-hydrogen) atoms. The van der Waals surface area contributed by atoms with Crippen molar-refractivity contribution < 1.29 is 10.2 Å². The molecule has 5 nitrogen and oxygen atoms in total. The summed E-state index contributed by atoms with van der Waals surface area (Å²) in [4.78, 5) is 4.05. The number of pyridine rings is 1. The maximum absolute atomic E-state index is 9.48. The third kappa shape index (κ3) is 2.78. The minimum Gasteiger partial charge on any atom is -0.508 e. The molecule has 0 radical (unpaired) electrons. The van der Waals surface area contributed by atoms with Gasteiger partial charge in [-0.05, 0) is 30.7 Å². The van der Waals surface area contributed by atoms with Crippen molar-refractivity contribution >= 4 is 11.5 Å². The zero-order valence-corrected chi connectivity index (χ0v) is 9.20. The smallest absolute Gasteiger partial charge is 0.174 e. The van der Waals surface area contributed by atoms with Crippen LogP contribution >= 0.6 is 0 Å². The first-order valence-corrected chi connectivity index (χ1v) is 5.01. The average Bonchev–Trinajstić information content (AvgIpc) is 2.30. The van der Waals surface area contributed by atoms with E-state index in [2.05, 4.69) is 15.2 Å². The Kier molecular flexibility index (Phi) is 3.00. The minimum absolute atomic E-state index is 0.0186. The lowest BCUT2D eigenvalue weighted by Gasteiger charge is -1.98. The highest BCUT2D eigenvalue weighted by Gasteiger charge is 2.00.